The van der Waals surface area contributed by atoms with Crippen LogP contribution < -0.4 is 4.74 Å². The molecule has 0 atom stereocenters. The lowest BCUT2D eigenvalue weighted by atomic mass is 10.3. The molecule has 1 heterocycles. The molecule has 4 heteroatoms. The average Bonchev–Trinajstić information content (AvgIpc) is 2.62. The number of halogens is 1. The first-order valence-electron chi connectivity index (χ1n) is 3.77. The second-order valence-electron chi connectivity index (χ2n) is 2.49. The van der Waals surface area contributed by atoms with Crippen molar-refractivity contribution >= 4 is 22.6 Å². The average molecular weight is 286 g/mol. The molecule has 1 aromatic heterocycles. The van der Waals surface area contributed by atoms with Crippen molar-refractivity contribution < 1.29 is 4.74 Å². The summed E-state index contributed by atoms with van der Waals surface area (Å²) in [6, 6.07) is 7.84. The van der Waals surface area contributed by atoms with E-state index < -0.39 is 0 Å². The quantitative estimate of drug-likeness (QED) is 0.862. The second kappa shape index (κ2) is 3.78. The molecule has 0 unspecified atom stereocenters. The molecule has 1 N–H and O–H groups in total. The molecule has 0 aliphatic carbocycles. The van der Waals surface area contributed by atoms with E-state index in [1.54, 1.807) is 12.4 Å². The SMILES string of the molecule is Ic1ccc(Oc2cn[nH]c2)cc1. The molecule has 0 fully saturated rings. The monoisotopic (exact) mass is 286 g/mol. The van der Waals surface area contributed by atoms with Crippen LogP contribution in [0.4, 0.5) is 0 Å². The van der Waals surface area contributed by atoms with Gasteiger partial charge in [-0.3, -0.25) is 5.10 Å². The highest BCUT2D eigenvalue weighted by Crippen LogP contribution is 2.20. The van der Waals surface area contributed by atoms with Gasteiger partial charge in [-0.05, 0) is 46.9 Å². The number of nitrogens with zero attached hydrogens (tertiary/aromatic N) is 1. The van der Waals surface area contributed by atoms with Gasteiger partial charge in [0.05, 0.1) is 12.4 Å². The number of aromatic nitrogens is 2. The van der Waals surface area contributed by atoms with E-state index in [4.69, 9.17) is 4.74 Å². The van der Waals surface area contributed by atoms with Gasteiger partial charge in [0, 0.05) is 3.57 Å². The Labute approximate surface area is 89.3 Å². The van der Waals surface area contributed by atoms with Crippen molar-refractivity contribution in [3.05, 3.63) is 40.2 Å². The first-order chi connectivity index (χ1) is 6.34. The van der Waals surface area contributed by atoms with E-state index in [1.165, 1.54) is 3.57 Å². The normalized spacial score (nSPS) is 9.92. The van der Waals surface area contributed by atoms with E-state index in [0.717, 1.165) is 11.5 Å². The van der Waals surface area contributed by atoms with Gasteiger partial charge in [-0.15, -0.1) is 0 Å². The molecule has 0 bridgehead atoms. The fourth-order valence-corrected chi connectivity index (χ4v) is 1.29. The van der Waals surface area contributed by atoms with Gasteiger partial charge < -0.3 is 4.74 Å². The smallest absolute Gasteiger partial charge is 0.165 e. The van der Waals surface area contributed by atoms with Gasteiger partial charge in [0.1, 0.15) is 5.75 Å². The van der Waals surface area contributed by atoms with E-state index in [1.807, 2.05) is 24.3 Å². The lowest BCUT2D eigenvalue weighted by molar-refractivity contribution is 0.483. The molecule has 0 radical (unpaired) electrons. The molecule has 0 spiro atoms. The molecule has 2 aromatic rings. The summed E-state index contributed by atoms with van der Waals surface area (Å²) >= 11 is 2.25. The Hall–Kier alpha value is -1.04. The fourth-order valence-electron chi connectivity index (χ4n) is 0.934. The van der Waals surface area contributed by atoms with Crippen molar-refractivity contribution in [3.63, 3.8) is 0 Å². The molecule has 3 nitrogen and oxygen atoms in total. The molecule has 0 saturated heterocycles. The third kappa shape index (κ3) is 2.21. The van der Waals surface area contributed by atoms with Crippen LogP contribution in [0.2, 0.25) is 0 Å². The number of benzene rings is 1. The Bertz CT molecular complexity index is 369. The highest BCUT2D eigenvalue weighted by molar-refractivity contribution is 14.1. The van der Waals surface area contributed by atoms with E-state index in [9.17, 15) is 0 Å². The van der Waals surface area contributed by atoms with Crippen molar-refractivity contribution in [2.24, 2.45) is 0 Å². The highest BCUT2D eigenvalue weighted by atomic mass is 127. The minimum Gasteiger partial charge on any atom is -0.454 e. The van der Waals surface area contributed by atoms with Crippen LogP contribution in [0.25, 0.3) is 0 Å². The summed E-state index contributed by atoms with van der Waals surface area (Å²) in [5, 5.41) is 6.47. The maximum absolute atomic E-state index is 5.48. The van der Waals surface area contributed by atoms with Crippen LogP contribution in [-0.4, -0.2) is 10.2 Å². The van der Waals surface area contributed by atoms with Crippen LogP contribution in [-0.2, 0) is 0 Å². The standard InChI is InChI=1S/C9H7IN2O/c10-7-1-3-8(4-2-7)13-9-5-11-12-6-9/h1-6H,(H,11,12). The summed E-state index contributed by atoms with van der Waals surface area (Å²) in [4.78, 5) is 0. The van der Waals surface area contributed by atoms with Gasteiger partial charge in [-0.25, -0.2) is 0 Å². The number of hydrogen-bond acceptors (Lipinski definition) is 2. The maximum Gasteiger partial charge on any atom is 0.165 e. The van der Waals surface area contributed by atoms with Crippen molar-refractivity contribution in [3.8, 4) is 11.5 Å². The van der Waals surface area contributed by atoms with Gasteiger partial charge in [-0.2, -0.15) is 5.10 Å². The van der Waals surface area contributed by atoms with Gasteiger partial charge in [-0.1, -0.05) is 0 Å². The predicted molar refractivity (Wildman–Crippen MR) is 57.8 cm³/mol. The molecule has 66 valence electrons. The van der Waals surface area contributed by atoms with Crippen LogP contribution in [0.1, 0.15) is 0 Å². The van der Waals surface area contributed by atoms with Crippen LogP contribution >= 0.6 is 22.6 Å². The van der Waals surface area contributed by atoms with Gasteiger partial charge in [0.25, 0.3) is 0 Å². The second-order valence-corrected chi connectivity index (χ2v) is 3.74. The zero-order chi connectivity index (χ0) is 9.10. The van der Waals surface area contributed by atoms with E-state index in [0.29, 0.717) is 0 Å². The van der Waals surface area contributed by atoms with Crippen molar-refractivity contribution in [2.45, 2.75) is 0 Å². The third-order valence-electron chi connectivity index (χ3n) is 1.52. The number of hydrogen-bond donors (Lipinski definition) is 1. The molecule has 0 saturated carbocycles. The van der Waals surface area contributed by atoms with Crippen LogP contribution in [0.5, 0.6) is 11.5 Å². The lowest BCUT2D eigenvalue weighted by Crippen LogP contribution is -1.81. The molecule has 0 aliphatic rings. The lowest BCUT2D eigenvalue weighted by Gasteiger charge is -2.01. The Balaban J connectivity index is 2.15. The summed E-state index contributed by atoms with van der Waals surface area (Å²) < 4.78 is 6.67. The molecule has 13 heavy (non-hydrogen) atoms. The predicted octanol–water partition coefficient (Wildman–Crippen LogP) is 2.81. The van der Waals surface area contributed by atoms with Crippen molar-refractivity contribution in [1.29, 1.82) is 0 Å². The number of aromatic amines is 1. The number of H-pyrrole nitrogens is 1. The topological polar surface area (TPSA) is 37.9 Å². The molecular formula is C9H7IN2O. The number of ether oxygens (including phenoxy) is 1. The maximum atomic E-state index is 5.48. The van der Waals surface area contributed by atoms with Gasteiger partial charge >= 0.3 is 0 Å². The zero-order valence-electron chi connectivity index (χ0n) is 6.70. The largest absolute Gasteiger partial charge is 0.454 e. The summed E-state index contributed by atoms with van der Waals surface area (Å²) in [5.74, 6) is 1.54. The summed E-state index contributed by atoms with van der Waals surface area (Å²) in [6.45, 7) is 0. The molecule has 0 aliphatic heterocycles. The zero-order valence-corrected chi connectivity index (χ0v) is 8.86. The molecular weight excluding hydrogens is 279 g/mol. The van der Waals surface area contributed by atoms with Crippen LogP contribution in [0, 0.1) is 3.57 Å². The van der Waals surface area contributed by atoms with E-state index in [-0.39, 0.29) is 0 Å². The minimum absolute atomic E-state index is 0.723. The van der Waals surface area contributed by atoms with E-state index in [2.05, 4.69) is 32.8 Å². The molecule has 2 rings (SSSR count). The minimum atomic E-state index is 0.723. The Morgan fingerprint density at radius 1 is 1.15 bits per heavy atom. The Morgan fingerprint density at radius 2 is 1.92 bits per heavy atom. The summed E-state index contributed by atoms with van der Waals surface area (Å²) in [5.41, 5.74) is 0. The number of rotatable bonds is 2. The Morgan fingerprint density at radius 3 is 2.54 bits per heavy atom. The van der Waals surface area contributed by atoms with Gasteiger partial charge in [0.2, 0.25) is 0 Å². The van der Waals surface area contributed by atoms with Crippen molar-refractivity contribution in [1.82, 2.24) is 10.2 Å². The molecule has 1 aromatic carbocycles. The van der Waals surface area contributed by atoms with Gasteiger partial charge in [0.15, 0.2) is 5.75 Å². The highest BCUT2D eigenvalue weighted by Gasteiger charge is 1.96. The Kier molecular flexibility index (Phi) is 2.49. The first-order valence-corrected chi connectivity index (χ1v) is 4.85. The van der Waals surface area contributed by atoms with Crippen LogP contribution in [0.3, 0.4) is 0 Å². The first kappa shape index (κ1) is 8.55. The summed E-state index contributed by atoms with van der Waals surface area (Å²) in [7, 11) is 0. The van der Waals surface area contributed by atoms with E-state index >= 15 is 0 Å². The fraction of sp³-hybridized carbons (Fsp3) is 0. The number of nitrogens with one attached hydrogen (secondary N) is 1. The van der Waals surface area contributed by atoms with Crippen LogP contribution in [0.15, 0.2) is 36.7 Å². The summed E-state index contributed by atoms with van der Waals surface area (Å²) in [6.07, 6.45) is 3.34. The van der Waals surface area contributed by atoms with Crippen molar-refractivity contribution in [2.75, 3.05) is 0 Å². The molecule has 0 amide bonds. The third-order valence-corrected chi connectivity index (χ3v) is 2.24.